The second-order valence-electron chi connectivity index (χ2n) is 9.27. The molecule has 2 aliphatic rings. The molecule has 2 heteroatoms. The van der Waals surface area contributed by atoms with Gasteiger partial charge in [0.15, 0.2) is 0 Å². The van der Waals surface area contributed by atoms with E-state index in [0.29, 0.717) is 5.92 Å². The van der Waals surface area contributed by atoms with Gasteiger partial charge in [-0.3, -0.25) is 0 Å². The van der Waals surface area contributed by atoms with Crippen LogP contribution >= 0.6 is 0 Å². The third-order valence-electron chi connectivity index (χ3n) is 7.66. The molecule has 148 valence electrons. The molecule has 0 bridgehead atoms. The number of hydrogen-bond donors (Lipinski definition) is 2. The van der Waals surface area contributed by atoms with Crippen LogP contribution in [-0.4, -0.2) is 23.8 Å². The van der Waals surface area contributed by atoms with E-state index < -0.39 is 5.60 Å². The Balaban J connectivity index is 1.65. The summed E-state index contributed by atoms with van der Waals surface area (Å²) in [5.41, 5.74) is -0.420. The third-order valence-corrected chi connectivity index (χ3v) is 7.66. The quantitative estimate of drug-likeness (QED) is 0.478. The lowest BCUT2D eigenvalue weighted by atomic mass is 9.74. The van der Waals surface area contributed by atoms with Gasteiger partial charge in [0.1, 0.15) is 0 Å². The van der Waals surface area contributed by atoms with Gasteiger partial charge in [-0.25, -0.2) is 0 Å². The molecule has 0 radical (unpaired) electrons. The Morgan fingerprint density at radius 1 is 0.960 bits per heavy atom. The van der Waals surface area contributed by atoms with E-state index in [4.69, 9.17) is 0 Å². The van der Waals surface area contributed by atoms with Gasteiger partial charge in [-0.15, -0.1) is 0 Å². The first-order chi connectivity index (χ1) is 12.1. The first-order valence-electron chi connectivity index (χ1n) is 11.5. The van der Waals surface area contributed by atoms with E-state index in [0.717, 1.165) is 43.7 Å². The van der Waals surface area contributed by atoms with E-state index in [2.05, 4.69) is 26.1 Å². The molecular weight excluding hydrogens is 306 g/mol. The molecule has 25 heavy (non-hydrogen) atoms. The monoisotopic (exact) mass is 351 g/mol. The molecule has 2 saturated carbocycles. The Kier molecular flexibility index (Phi) is 9.27. The number of aliphatic hydroxyl groups is 1. The molecular formula is C23H45NO. The minimum Gasteiger partial charge on any atom is -0.390 e. The molecule has 0 aromatic rings. The van der Waals surface area contributed by atoms with Crippen LogP contribution in [0.4, 0.5) is 0 Å². The molecule has 2 fully saturated rings. The van der Waals surface area contributed by atoms with Gasteiger partial charge in [0.25, 0.3) is 0 Å². The second-order valence-corrected chi connectivity index (χ2v) is 9.27. The zero-order chi connectivity index (χ0) is 18.1. The predicted molar refractivity (Wildman–Crippen MR) is 109 cm³/mol. The van der Waals surface area contributed by atoms with Crippen molar-refractivity contribution in [2.75, 3.05) is 13.1 Å². The Hall–Kier alpha value is -0.0800. The number of hydrogen-bond acceptors (Lipinski definition) is 2. The van der Waals surface area contributed by atoms with Crippen molar-refractivity contribution in [3.8, 4) is 0 Å². The van der Waals surface area contributed by atoms with Crippen molar-refractivity contribution in [2.24, 2.45) is 23.7 Å². The summed E-state index contributed by atoms with van der Waals surface area (Å²) in [5, 5.41) is 14.8. The van der Waals surface area contributed by atoms with Crippen molar-refractivity contribution in [2.45, 2.75) is 110 Å². The van der Waals surface area contributed by atoms with Crippen molar-refractivity contribution in [1.29, 1.82) is 0 Å². The second kappa shape index (κ2) is 10.9. The Bertz CT molecular complexity index is 344. The molecule has 2 N–H and O–H groups in total. The highest BCUT2D eigenvalue weighted by atomic mass is 16.3. The summed E-state index contributed by atoms with van der Waals surface area (Å²) in [5.74, 6) is 3.38. The fourth-order valence-corrected chi connectivity index (χ4v) is 5.56. The summed E-state index contributed by atoms with van der Waals surface area (Å²) in [6.45, 7) is 9.08. The van der Waals surface area contributed by atoms with Gasteiger partial charge >= 0.3 is 0 Å². The minimum absolute atomic E-state index is 0.420. The average Bonchev–Trinajstić information content (AvgIpc) is 2.66. The zero-order valence-corrected chi connectivity index (χ0v) is 17.4. The highest BCUT2D eigenvalue weighted by Crippen LogP contribution is 2.37. The average molecular weight is 352 g/mol. The van der Waals surface area contributed by atoms with Crippen LogP contribution in [0.25, 0.3) is 0 Å². The SMILES string of the molecule is CCC(CCNCCC(O)(CC)C1CCCCC1)C1CCC(C)CC1. The Morgan fingerprint density at radius 2 is 1.64 bits per heavy atom. The highest BCUT2D eigenvalue weighted by molar-refractivity contribution is 4.87. The maximum absolute atomic E-state index is 11.1. The molecule has 2 aliphatic carbocycles. The van der Waals surface area contributed by atoms with Crippen LogP contribution < -0.4 is 5.32 Å². The standard InChI is InChI=1S/C23H45NO/c1-4-20(21-13-11-19(3)12-14-21)15-17-24-18-16-23(25,5-2)22-9-7-6-8-10-22/h19-22,24-25H,4-18H2,1-3H3. The summed E-state index contributed by atoms with van der Waals surface area (Å²) < 4.78 is 0. The van der Waals surface area contributed by atoms with Crippen LogP contribution in [0.5, 0.6) is 0 Å². The van der Waals surface area contributed by atoms with Gasteiger partial charge in [-0.2, -0.15) is 0 Å². The van der Waals surface area contributed by atoms with E-state index in [1.807, 2.05) is 0 Å². The summed E-state index contributed by atoms with van der Waals surface area (Å²) in [4.78, 5) is 0. The lowest BCUT2D eigenvalue weighted by Crippen LogP contribution is -2.41. The summed E-state index contributed by atoms with van der Waals surface area (Å²) >= 11 is 0. The smallest absolute Gasteiger partial charge is 0.0685 e. The molecule has 2 atom stereocenters. The van der Waals surface area contributed by atoms with Gasteiger partial charge in [-0.05, 0) is 81.7 Å². The molecule has 0 aromatic carbocycles. The molecule has 0 spiro atoms. The Labute approximate surface area is 157 Å². The highest BCUT2D eigenvalue weighted by Gasteiger charge is 2.35. The molecule has 0 aromatic heterocycles. The topological polar surface area (TPSA) is 32.3 Å². The lowest BCUT2D eigenvalue weighted by molar-refractivity contribution is -0.0427. The lowest BCUT2D eigenvalue weighted by Gasteiger charge is -2.38. The van der Waals surface area contributed by atoms with Crippen molar-refractivity contribution in [3.05, 3.63) is 0 Å². The van der Waals surface area contributed by atoms with Crippen LogP contribution in [0.15, 0.2) is 0 Å². The van der Waals surface area contributed by atoms with Gasteiger partial charge in [-0.1, -0.05) is 59.3 Å². The minimum atomic E-state index is -0.420. The molecule has 0 heterocycles. The van der Waals surface area contributed by atoms with Crippen LogP contribution in [0.3, 0.4) is 0 Å². The van der Waals surface area contributed by atoms with E-state index >= 15 is 0 Å². The van der Waals surface area contributed by atoms with Crippen molar-refractivity contribution < 1.29 is 5.11 Å². The fourth-order valence-electron chi connectivity index (χ4n) is 5.56. The summed E-state index contributed by atoms with van der Waals surface area (Å²) in [6.07, 6.45) is 16.8. The molecule has 0 saturated heterocycles. The molecule has 2 rings (SSSR count). The molecule has 0 amide bonds. The van der Waals surface area contributed by atoms with Crippen LogP contribution in [-0.2, 0) is 0 Å². The van der Waals surface area contributed by atoms with Crippen molar-refractivity contribution in [1.82, 2.24) is 5.32 Å². The first-order valence-corrected chi connectivity index (χ1v) is 11.5. The van der Waals surface area contributed by atoms with Crippen molar-refractivity contribution in [3.63, 3.8) is 0 Å². The van der Waals surface area contributed by atoms with E-state index in [9.17, 15) is 5.11 Å². The number of nitrogens with one attached hydrogen (secondary N) is 1. The van der Waals surface area contributed by atoms with E-state index in [1.165, 1.54) is 70.6 Å². The van der Waals surface area contributed by atoms with Crippen LogP contribution in [0, 0.1) is 23.7 Å². The summed E-state index contributed by atoms with van der Waals surface area (Å²) in [7, 11) is 0. The van der Waals surface area contributed by atoms with Crippen LogP contribution in [0.1, 0.15) is 104 Å². The number of rotatable bonds is 10. The Morgan fingerprint density at radius 3 is 2.24 bits per heavy atom. The van der Waals surface area contributed by atoms with Crippen LogP contribution in [0.2, 0.25) is 0 Å². The molecule has 0 aliphatic heterocycles. The fraction of sp³-hybridized carbons (Fsp3) is 1.00. The van der Waals surface area contributed by atoms with E-state index in [1.54, 1.807) is 0 Å². The molecule has 2 nitrogen and oxygen atoms in total. The maximum Gasteiger partial charge on any atom is 0.0685 e. The van der Waals surface area contributed by atoms with Gasteiger partial charge in [0.05, 0.1) is 5.60 Å². The molecule has 2 unspecified atom stereocenters. The van der Waals surface area contributed by atoms with Gasteiger partial charge in [0, 0.05) is 0 Å². The zero-order valence-electron chi connectivity index (χ0n) is 17.4. The first kappa shape index (κ1) is 21.2. The normalized spacial score (nSPS) is 29.3. The predicted octanol–water partition coefficient (Wildman–Crippen LogP) is 5.93. The largest absolute Gasteiger partial charge is 0.390 e. The van der Waals surface area contributed by atoms with E-state index in [-0.39, 0.29) is 0 Å². The third kappa shape index (κ3) is 6.54. The van der Waals surface area contributed by atoms with Gasteiger partial charge < -0.3 is 10.4 Å². The summed E-state index contributed by atoms with van der Waals surface area (Å²) in [6, 6.07) is 0. The maximum atomic E-state index is 11.1. The van der Waals surface area contributed by atoms with Crippen molar-refractivity contribution >= 4 is 0 Å². The van der Waals surface area contributed by atoms with Gasteiger partial charge in [0.2, 0.25) is 0 Å².